The van der Waals surface area contributed by atoms with Gasteiger partial charge < -0.3 is 54.7 Å². The Morgan fingerprint density at radius 2 is 1.26 bits per heavy atom. The van der Waals surface area contributed by atoms with Gasteiger partial charge in [0.25, 0.3) is 0 Å². The smallest absolute Gasteiger partial charge is 0.190 e. The summed E-state index contributed by atoms with van der Waals surface area (Å²) in [6.45, 7) is 3.24. The lowest BCUT2D eigenvalue weighted by molar-refractivity contribution is -0.394. The predicted molar refractivity (Wildman–Crippen MR) is 124 cm³/mol. The van der Waals surface area contributed by atoms with E-state index in [1.54, 1.807) is 0 Å². The van der Waals surface area contributed by atoms with E-state index in [-0.39, 0.29) is 13.0 Å². The van der Waals surface area contributed by atoms with Crippen LogP contribution in [-0.2, 0) is 18.9 Å². The first-order chi connectivity index (χ1) is 16.8. The molecule has 7 N–H and O–H groups in total. The van der Waals surface area contributed by atoms with Crippen molar-refractivity contribution in [1.82, 2.24) is 0 Å². The predicted octanol–water partition coefficient (Wildman–Crippen LogP) is -0.452. The number of rotatable bonds is 15. The molecule has 0 aromatic carbocycles. The average molecular weight is 511 g/mol. The van der Waals surface area contributed by atoms with Crippen molar-refractivity contribution < 1.29 is 54.7 Å². The molecule has 0 aromatic rings. The van der Waals surface area contributed by atoms with Gasteiger partial charge in [0.15, 0.2) is 12.6 Å². The molecular weight excluding hydrogens is 464 g/mol. The van der Waals surface area contributed by atoms with Crippen molar-refractivity contribution in [2.24, 2.45) is 0 Å². The van der Waals surface area contributed by atoms with Gasteiger partial charge in [-0.25, -0.2) is 0 Å². The van der Waals surface area contributed by atoms with Gasteiger partial charge in [0.1, 0.15) is 48.3 Å². The molecular formula is C24H46O11. The fraction of sp³-hybridized carbons (Fsp3) is 1.00. The molecule has 0 saturated carbocycles. The van der Waals surface area contributed by atoms with Crippen molar-refractivity contribution in [2.45, 2.75) is 133 Å². The lowest BCUT2D eigenvalue weighted by Crippen LogP contribution is -2.70. The number of ether oxygens (including phenoxy) is 4. The summed E-state index contributed by atoms with van der Waals surface area (Å²) in [7, 11) is 0. The van der Waals surface area contributed by atoms with Crippen LogP contribution in [0, 0.1) is 0 Å². The van der Waals surface area contributed by atoms with Crippen LogP contribution in [0.25, 0.3) is 0 Å². The molecule has 0 radical (unpaired) electrons. The van der Waals surface area contributed by atoms with Crippen molar-refractivity contribution in [2.75, 3.05) is 19.8 Å². The zero-order valence-corrected chi connectivity index (χ0v) is 20.9. The summed E-state index contributed by atoms with van der Waals surface area (Å²) in [4.78, 5) is 0. The Balaban J connectivity index is 2.24. The number of hydrogen-bond donors (Lipinski definition) is 7. The van der Waals surface area contributed by atoms with E-state index < -0.39 is 74.1 Å². The number of unbranched alkanes of at least 4 members (excludes halogenated alkanes) is 6. The summed E-state index contributed by atoms with van der Waals surface area (Å²) in [5.74, 6) is 0. The molecule has 10 atom stereocenters. The van der Waals surface area contributed by atoms with Crippen LogP contribution in [0.2, 0.25) is 0 Å². The SMILES string of the molecule is CCCCCCO[C@@]1(CCCCCC)[C@H](O)[C@@H](CO)O[C@H](O[C@H]2O[C@H](CO)[C@@H](O)[C@H](O)[C@H]2O)[C@@H]1O. The summed E-state index contributed by atoms with van der Waals surface area (Å²) in [5, 5.41) is 72.3. The number of hydrogen-bond acceptors (Lipinski definition) is 11. The molecule has 208 valence electrons. The summed E-state index contributed by atoms with van der Waals surface area (Å²) in [6, 6.07) is 0. The Labute approximate surface area is 207 Å². The molecule has 0 aromatic heterocycles. The van der Waals surface area contributed by atoms with Crippen LogP contribution < -0.4 is 0 Å². The minimum absolute atomic E-state index is 0.285. The van der Waals surface area contributed by atoms with Crippen molar-refractivity contribution in [3.05, 3.63) is 0 Å². The Morgan fingerprint density at radius 3 is 1.86 bits per heavy atom. The average Bonchev–Trinajstić information content (AvgIpc) is 2.86. The quantitative estimate of drug-likeness (QED) is 0.142. The molecule has 2 heterocycles. The number of aliphatic hydroxyl groups is 7. The topological polar surface area (TPSA) is 179 Å². The molecule has 2 rings (SSSR count). The zero-order valence-electron chi connectivity index (χ0n) is 20.9. The molecule has 11 heteroatoms. The van der Waals surface area contributed by atoms with Crippen molar-refractivity contribution in [1.29, 1.82) is 0 Å². The fourth-order valence-electron chi connectivity index (χ4n) is 4.76. The van der Waals surface area contributed by atoms with Crippen LogP contribution in [0.15, 0.2) is 0 Å². The van der Waals surface area contributed by atoms with Crippen molar-refractivity contribution in [3.63, 3.8) is 0 Å². The molecule has 35 heavy (non-hydrogen) atoms. The van der Waals surface area contributed by atoms with Crippen molar-refractivity contribution in [3.8, 4) is 0 Å². The van der Waals surface area contributed by atoms with Gasteiger partial charge in [0.05, 0.1) is 13.2 Å². The van der Waals surface area contributed by atoms with E-state index in [9.17, 15) is 35.7 Å². The first-order valence-electron chi connectivity index (χ1n) is 13.0. The molecule has 0 bridgehead atoms. The van der Waals surface area contributed by atoms with Gasteiger partial charge in [-0.3, -0.25) is 0 Å². The van der Waals surface area contributed by atoms with Crippen LogP contribution in [0.3, 0.4) is 0 Å². The Kier molecular flexibility index (Phi) is 13.3. The maximum atomic E-state index is 11.4. The highest BCUT2D eigenvalue weighted by Gasteiger charge is 2.58. The molecule has 0 aliphatic carbocycles. The van der Waals surface area contributed by atoms with Gasteiger partial charge in [-0.05, 0) is 12.8 Å². The second-order valence-corrected chi connectivity index (χ2v) is 9.62. The summed E-state index contributed by atoms with van der Waals surface area (Å²) in [5.41, 5.74) is -1.50. The highest BCUT2D eigenvalue weighted by atomic mass is 16.8. The summed E-state index contributed by atoms with van der Waals surface area (Å²) < 4.78 is 22.9. The van der Waals surface area contributed by atoms with E-state index >= 15 is 0 Å². The first-order valence-corrected chi connectivity index (χ1v) is 13.0. The maximum Gasteiger partial charge on any atom is 0.190 e. The molecule has 0 spiro atoms. The summed E-state index contributed by atoms with van der Waals surface area (Å²) in [6.07, 6.45) is -5.66. The molecule has 2 aliphatic rings. The van der Waals surface area contributed by atoms with Gasteiger partial charge in [-0.15, -0.1) is 0 Å². The minimum atomic E-state index is -1.70. The molecule has 11 nitrogen and oxygen atoms in total. The van der Waals surface area contributed by atoms with Gasteiger partial charge in [0, 0.05) is 6.61 Å². The Hall–Kier alpha value is -0.440. The fourth-order valence-corrected chi connectivity index (χ4v) is 4.76. The molecule has 0 unspecified atom stereocenters. The molecule has 2 aliphatic heterocycles. The standard InChI is InChI=1S/C24H46O11/c1-3-5-7-9-11-24(32-12-10-8-6-4-2)20(30)16(14-26)34-23(21(24)31)35-22-19(29)18(28)17(27)15(13-25)33-22/h15-23,25-31H,3-14H2,1-2H3/t15-,16-,17-,18+,19-,20-,21+,22-,23-,24+/m1/s1. The largest absolute Gasteiger partial charge is 0.394 e. The first kappa shape index (κ1) is 30.8. The minimum Gasteiger partial charge on any atom is -0.394 e. The zero-order chi connectivity index (χ0) is 26.0. The molecule has 0 amide bonds. The lowest BCUT2D eigenvalue weighted by atomic mass is 9.79. The van der Waals surface area contributed by atoms with Crippen LogP contribution in [0.5, 0.6) is 0 Å². The van der Waals surface area contributed by atoms with Crippen molar-refractivity contribution >= 4 is 0 Å². The van der Waals surface area contributed by atoms with Crippen LogP contribution in [0.1, 0.15) is 71.6 Å². The second kappa shape index (κ2) is 15.1. The van der Waals surface area contributed by atoms with E-state index in [4.69, 9.17) is 18.9 Å². The monoisotopic (exact) mass is 510 g/mol. The molecule has 2 saturated heterocycles. The molecule has 2 fully saturated rings. The Bertz CT molecular complexity index is 580. The normalized spacial score (nSPS) is 40.2. The third-order valence-electron chi connectivity index (χ3n) is 7.01. The van der Waals surface area contributed by atoms with Gasteiger partial charge in [-0.2, -0.15) is 0 Å². The second-order valence-electron chi connectivity index (χ2n) is 9.62. The van der Waals surface area contributed by atoms with Gasteiger partial charge in [-0.1, -0.05) is 58.8 Å². The van der Waals surface area contributed by atoms with E-state index in [0.29, 0.717) is 6.42 Å². The van der Waals surface area contributed by atoms with E-state index in [0.717, 1.165) is 44.9 Å². The van der Waals surface area contributed by atoms with E-state index in [1.165, 1.54) is 0 Å². The third kappa shape index (κ3) is 7.55. The van der Waals surface area contributed by atoms with E-state index in [2.05, 4.69) is 13.8 Å². The third-order valence-corrected chi connectivity index (χ3v) is 7.01. The van der Waals surface area contributed by atoms with Crippen LogP contribution in [-0.4, -0.2) is 116 Å². The van der Waals surface area contributed by atoms with Crippen LogP contribution in [0.4, 0.5) is 0 Å². The lowest BCUT2D eigenvalue weighted by Gasteiger charge is -2.51. The van der Waals surface area contributed by atoms with Crippen LogP contribution >= 0.6 is 0 Å². The van der Waals surface area contributed by atoms with Gasteiger partial charge in [0.2, 0.25) is 0 Å². The maximum absolute atomic E-state index is 11.4. The summed E-state index contributed by atoms with van der Waals surface area (Å²) >= 11 is 0. The highest BCUT2D eigenvalue weighted by molar-refractivity contribution is 5.04. The Morgan fingerprint density at radius 1 is 0.657 bits per heavy atom. The highest BCUT2D eigenvalue weighted by Crippen LogP contribution is 2.39. The van der Waals surface area contributed by atoms with Gasteiger partial charge >= 0.3 is 0 Å². The number of aliphatic hydroxyl groups excluding tert-OH is 7. The van der Waals surface area contributed by atoms with E-state index in [1.807, 2.05) is 0 Å².